The van der Waals surface area contributed by atoms with Crippen molar-refractivity contribution < 1.29 is 14.6 Å². The first kappa shape index (κ1) is 13.7. The normalized spacial score (nSPS) is 10.9. The predicted octanol–water partition coefficient (Wildman–Crippen LogP) is 3.43. The molecule has 0 radical (unpaired) electrons. The summed E-state index contributed by atoms with van der Waals surface area (Å²) in [5.74, 6) is -0.996. The molecule has 1 heterocycles. The van der Waals surface area contributed by atoms with Gasteiger partial charge in [0.1, 0.15) is 5.01 Å². The second-order valence-electron chi connectivity index (χ2n) is 4.40. The van der Waals surface area contributed by atoms with Crippen LogP contribution in [0.4, 0.5) is 0 Å². The zero-order chi connectivity index (χ0) is 13.8. The lowest BCUT2D eigenvalue weighted by Crippen LogP contribution is -2.01. The number of rotatable bonds is 5. The summed E-state index contributed by atoms with van der Waals surface area (Å²) in [6.07, 6.45) is 0.205. The van der Waals surface area contributed by atoms with E-state index in [0.717, 1.165) is 11.1 Å². The number of aromatic carboxylic acids is 1. The fraction of sp³-hybridized carbons (Fsp3) is 0.286. The van der Waals surface area contributed by atoms with Crippen LogP contribution in [0.1, 0.15) is 29.9 Å². The van der Waals surface area contributed by atoms with Gasteiger partial charge in [-0.25, -0.2) is 9.78 Å². The number of hydrogen-bond donors (Lipinski definition) is 1. The number of carboxylic acid groups (broad SMARTS) is 1. The minimum atomic E-state index is -0.996. The van der Waals surface area contributed by atoms with Gasteiger partial charge in [-0.2, -0.15) is 0 Å². The molecule has 19 heavy (non-hydrogen) atoms. The van der Waals surface area contributed by atoms with Crippen molar-refractivity contribution in [2.24, 2.45) is 0 Å². The molecule has 2 rings (SSSR count). The molecule has 0 aliphatic carbocycles. The second-order valence-corrected chi connectivity index (χ2v) is 5.26. The number of carboxylic acids is 1. The number of carbonyl (C=O) groups is 1. The maximum absolute atomic E-state index is 10.8. The van der Waals surface area contributed by atoms with Gasteiger partial charge in [0.2, 0.25) is 0 Å². The van der Waals surface area contributed by atoms with Crippen LogP contribution in [-0.2, 0) is 11.3 Å². The Balaban J connectivity index is 2.10. The average molecular weight is 277 g/mol. The van der Waals surface area contributed by atoms with E-state index in [1.54, 1.807) is 5.38 Å². The molecule has 0 fully saturated rings. The molecule has 4 nitrogen and oxygen atoms in total. The Morgan fingerprint density at radius 1 is 1.37 bits per heavy atom. The summed E-state index contributed by atoms with van der Waals surface area (Å²) in [6.45, 7) is 4.57. The van der Waals surface area contributed by atoms with Crippen LogP contribution in [0.25, 0.3) is 10.6 Å². The highest BCUT2D eigenvalue weighted by molar-refractivity contribution is 7.13. The first-order valence-electron chi connectivity index (χ1n) is 5.96. The highest BCUT2D eigenvalue weighted by atomic mass is 32.1. The molecular weight excluding hydrogens is 262 g/mol. The first-order valence-corrected chi connectivity index (χ1v) is 6.84. The summed E-state index contributed by atoms with van der Waals surface area (Å²) in [5.41, 5.74) is 2.10. The molecule has 0 bridgehead atoms. The molecule has 1 aromatic heterocycles. The number of benzene rings is 1. The van der Waals surface area contributed by atoms with Gasteiger partial charge in [0.25, 0.3) is 0 Å². The third-order valence-corrected chi connectivity index (χ3v) is 3.40. The lowest BCUT2D eigenvalue weighted by molar-refractivity contribution is 0.0657. The fourth-order valence-corrected chi connectivity index (χ4v) is 2.31. The Morgan fingerprint density at radius 2 is 2.05 bits per heavy atom. The number of hydrogen-bond acceptors (Lipinski definition) is 4. The summed E-state index contributed by atoms with van der Waals surface area (Å²) in [5, 5.41) is 11.1. The van der Waals surface area contributed by atoms with E-state index in [-0.39, 0.29) is 11.8 Å². The van der Waals surface area contributed by atoms with Crippen molar-refractivity contribution in [1.82, 2.24) is 4.98 Å². The van der Waals surface area contributed by atoms with Crippen LogP contribution in [0.2, 0.25) is 0 Å². The molecule has 0 aliphatic rings. The Morgan fingerprint density at radius 3 is 2.58 bits per heavy atom. The number of nitrogens with zero attached hydrogens (tertiary/aromatic N) is 1. The number of ether oxygens (including phenoxy) is 1. The Hall–Kier alpha value is -1.72. The molecule has 1 N–H and O–H groups in total. The van der Waals surface area contributed by atoms with Gasteiger partial charge < -0.3 is 9.84 Å². The summed E-state index contributed by atoms with van der Waals surface area (Å²) >= 11 is 1.33. The second kappa shape index (κ2) is 5.95. The van der Waals surface area contributed by atoms with Gasteiger partial charge in [-0.15, -0.1) is 11.3 Å². The van der Waals surface area contributed by atoms with Crippen molar-refractivity contribution in [1.29, 1.82) is 0 Å². The lowest BCUT2D eigenvalue weighted by Gasteiger charge is -2.07. The van der Waals surface area contributed by atoms with E-state index in [9.17, 15) is 4.79 Å². The van der Waals surface area contributed by atoms with Crippen LogP contribution in [-0.4, -0.2) is 22.2 Å². The molecular formula is C14H15NO3S. The number of thiazole rings is 1. The summed E-state index contributed by atoms with van der Waals surface area (Å²) in [7, 11) is 0. The van der Waals surface area contributed by atoms with E-state index < -0.39 is 5.97 Å². The Bertz CT molecular complexity index is 560. The third-order valence-electron chi connectivity index (χ3n) is 2.51. The molecule has 5 heteroatoms. The fourth-order valence-electron chi connectivity index (χ4n) is 1.51. The molecule has 0 unspecified atom stereocenters. The van der Waals surface area contributed by atoms with Gasteiger partial charge in [-0.05, 0) is 19.4 Å². The minimum Gasteiger partial charge on any atom is -0.476 e. The topological polar surface area (TPSA) is 59.4 Å². The number of aromatic nitrogens is 1. The van der Waals surface area contributed by atoms with Gasteiger partial charge >= 0.3 is 5.97 Å². The molecule has 0 saturated carbocycles. The molecule has 1 aromatic carbocycles. The minimum absolute atomic E-state index is 0.0900. The zero-order valence-corrected chi connectivity index (χ0v) is 11.6. The predicted molar refractivity (Wildman–Crippen MR) is 74.4 cm³/mol. The first-order chi connectivity index (χ1) is 9.06. The van der Waals surface area contributed by atoms with E-state index in [2.05, 4.69) is 4.98 Å². The van der Waals surface area contributed by atoms with Crippen LogP contribution >= 0.6 is 11.3 Å². The largest absolute Gasteiger partial charge is 0.476 e. The smallest absolute Gasteiger partial charge is 0.355 e. The quantitative estimate of drug-likeness (QED) is 0.909. The van der Waals surface area contributed by atoms with Crippen LogP contribution in [0.3, 0.4) is 0 Å². The van der Waals surface area contributed by atoms with E-state index in [0.29, 0.717) is 11.6 Å². The van der Waals surface area contributed by atoms with Crippen molar-refractivity contribution in [3.63, 3.8) is 0 Å². The Kier molecular flexibility index (Phi) is 4.29. The van der Waals surface area contributed by atoms with Gasteiger partial charge in [0, 0.05) is 10.9 Å². The van der Waals surface area contributed by atoms with Gasteiger partial charge in [-0.1, -0.05) is 24.3 Å². The highest BCUT2D eigenvalue weighted by Gasteiger charge is 2.09. The molecule has 0 atom stereocenters. The van der Waals surface area contributed by atoms with Crippen molar-refractivity contribution in [3.8, 4) is 10.6 Å². The van der Waals surface area contributed by atoms with Crippen LogP contribution in [0, 0.1) is 0 Å². The third kappa shape index (κ3) is 3.62. The van der Waals surface area contributed by atoms with Gasteiger partial charge in [0.05, 0.1) is 12.7 Å². The summed E-state index contributed by atoms with van der Waals surface area (Å²) in [4.78, 5) is 14.8. The standard InChI is InChI=1S/C14H15NO3S/c1-9(2)18-7-10-3-5-11(6-4-10)13-15-12(8-19-13)14(16)17/h3-6,8-9H,7H2,1-2H3,(H,16,17). The molecule has 0 spiro atoms. The average Bonchev–Trinajstić information content (AvgIpc) is 2.86. The van der Waals surface area contributed by atoms with Gasteiger partial charge in [-0.3, -0.25) is 0 Å². The van der Waals surface area contributed by atoms with Gasteiger partial charge in [0.15, 0.2) is 5.69 Å². The van der Waals surface area contributed by atoms with E-state index >= 15 is 0 Å². The highest BCUT2D eigenvalue weighted by Crippen LogP contribution is 2.24. The SMILES string of the molecule is CC(C)OCc1ccc(-c2nc(C(=O)O)cs2)cc1. The summed E-state index contributed by atoms with van der Waals surface area (Å²) in [6, 6.07) is 7.81. The van der Waals surface area contributed by atoms with Crippen molar-refractivity contribution in [3.05, 3.63) is 40.9 Å². The zero-order valence-electron chi connectivity index (χ0n) is 10.8. The van der Waals surface area contributed by atoms with Crippen molar-refractivity contribution in [2.75, 3.05) is 0 Å². The maximum atomic E-state index is 10.8. The monoisotopic (exact) mass is 277 g/mol. The molecule has 0 aliphatic heterocycles. The van der Waals surface area contributed by atoms with E-state index in [1.807, 2.05) is 38.1 Å². The molecule has 0 amide bonds. The molecule has 2 aromatic rings. The van der Waals surface area contributed by atoms with E-state index in [4.69, 9.17) is 9.84 Å². The molecule has 100 valence electrons. The lowest BCUT2D eigenvalue weighted by atomic mass is 10.1. The maximum Gasteiger partial charge on any atom is 0.355 e. The van der Waals surface area contributed by atoms with Crippen LogP contribution in [0.5, 0.6) is 0 Å². The van der Waals surface area contributed by atoms with Crippen molar-refractivity contribution >= 4 is 17.3 Å². The van der Waals surface area contributed by atoms with Crippen LogP contribution < -0.4 is 0 Å². The Labute approximate surface area is 115 Å². The van der Waals surface area contributed by atoms with Crippen LogP contribution in [0.15, 0.2) is 29.6 Å². The summed E-state index contributed by atoms with van der Waals surface area (Å²) < 4.78 is 5.52. The van der Waals surface area contributed by atoms with E-state index in [1.165, 1.54) is 11.3 Å². The van der Waals surface area contributed by atoms with Crippen molar-refractivity contribution in [2.45, 2.75) is 26.6 Å². The molecule has 0 saturated heterocycles.